The van der Waals surface area contributed by atoms with Crippen molar-refractivity contribution in [2.45, 2.75) is 25.4 Å². The first-order valence-corrected chi connectivity index (χ1v) is 14.6. The van der Waals surface area contributed by atoms with Crippen molar-refractivity contribution in [2.24, 2.45) is 5.73 Å². The monoisotopic (exact) mass is 619 g/mol. The Morgan fingerprint density at radius 3 is 2.43 bits per heavy atom. The Hall–Kier alpha value is -5.77. The largest absolute Gasteiger partial charge is 0.504 e. The van der Waals surface area contributed by atoms with Crippen LogP contribution in [0.2, 0.25) is 0 Å². The van der Waals surface area contributed by atoms with Crippen molar-refractivity contribution < 1.29 is 24.6 Å². The van der Waals surface area contributed by atoms with Crippen LogP contribution < -0.4 is 26.2 Å². The SMILES string of the molecule is COc1ccc(-c2cnc(N3CCC(NCc4ccc(/C=C/C(=O)NO)cc4)CC3)c(C#N)c2-c2ccc(C(N)=O)nc2)cc1O. The zero-order valence-electron chi connectivity index (χ0n) is 25.1. The molecule has 12 heteroatoms. The number of pyridine rings is 2. The van der Waals surface area contributed by atoms with E-state index in [0.29, 0.717) is 59.0 Å². The van der Waals surface area contributed by atoms with Crippen LogP contribution in [0.15, 0.2) is 73.1 Å². The highest BCUT2D eigenvalue weighted by molar-refractivity contribution is 5.93. The van der Waals surface area contributed by atoms with Gasteiger partial charge in [-0.3, -0.25) is 19.8 Å². The van der Waals surface area contributed by atoms with Crippen LogP contribution in [0.4, 0.5) is 5.82 Å². The van der Waals surface area contributed by atoms with Crippen molar-refractivity contribution in [2.75, 3.05) is 25.1 Å². The topological polar surface area (TPSA) is 187 Å². The summed E-state index contributed by atoms with van der Waals surface area (Å²) in [6, 6.07) is 18.6. The van der Waals surface area contributed by atoms with Crippen LogP contribution in [0.1, 0.15) is 40.0 Å². The molecule has 0 unspecified atom stereocenters. The van der Waals surface area contributed by atoms with Crippen molar-refractivity contribution in [3.8, 4) is 39.8 Å². The number of nitriles is 1. The molecule has 0 bridgehead atoms. The Labute approximate surface area is 265 Å². The molecule has 1 fully saturated rings. The van der Waals surface area contributed by atoms with Gasteiger partial charge < -0.3 is 25.8 Å². The normalized spacial score (nSPS) is 13.4. The van der Waals surface area contributed by atoms with Crippen LogP contribution >= 0.6 is 0 Å². The summed E-state index contributed by atoms with van der Waals surface area (Å²) in [6.45, 7) is 2.03. The number of amides is 2. The predicted octanol–water partition coefficient (Wildman–Crippen LogP) is 3.77. The number of hydrogen-bond acceptors (Lipinski definition) is 10. The zero-order valence-corrected chi connectivity index (χ0v) is 25.1. The van der Waals surface area contributed by atoms with Crippen LogP contribution in [-0.4, -0.2) is 58.3 Å². The van der Waals surface area contributed by atoms with Gasteiger partial charge in [-0.05, 0) is 53.8 Å². The van der Waals surface area contributed by atoms with E-state index in [-0.39, 0.29) is 17.5 Å². The number of ether oxygens (including phenoxy) is 1. The Morgan fingerprint density at radius 1 is 1.09 bits per heavy atom. The van der Waals surface area contributed by atoms with E-state index in [0.717, 1.165) is 24.0 Å². The van der Waals surface area contributed by atoms with Gasteiger partial charge in [0.1, 0.15) is 23.1 Å². The quantitative estimate of drug-likeness (QED) is 0.0993. The average molecular weight is 620 g/mol. The van der Waals surface area contributed by atoms with Gasteiger partial charge in [0.2, 0.25) is 0 Å². The third kappa shape index (κ3) is 7.13. The van der Waals surface area contributed by atoms with Crippen LogP contribution in [-0.2, 0) is 11.3 Å². The molecule has 0 atom stereocenters. The number of primary amides is 1. The van der Waals surface area contributed by atoms with Crippen molar-refractivity contribution in [1.82, 2.24) is 20.8 Å². The Balaban J connectivity index is 1.35. The Morgan fingerprint density at radius 2 is 1.83 bits per heavy atom. The summed E-state index contributed by atoms with van der Waals surface area (Å²) in [7, 11) is 1.47. The number of phenolic OH excluding ortho intramolecular Hbond substituents is 1. The smallest absolute Gasteiger partial charge is 0.267 e. The molecule has 2 aromatic heterocycles. The Bertz CT molecular complexity index is 1790. The van der Waals surface area contributed by atoms with Gasteiger partial charge in [-0.2, -0.15) is 5.26 Å². The van der Waals surface area contributed by atoms with E-state index in [4.69, 9.17) is 20.7 Å². The number of anilines is 1. The van der Waals surface area contributed by atoms with E-state index in [1.165, 1.54) is 25.4 Å². The molecule has 234 valence electrons. The number of nitrogens with one attached hydrogen (secondary N) is 2. The van der Waals surface area contributed by atoms with Crippen LogP contribution in [0.5, 0.6) is 11.5 Å². The van der Waals surface area contributed by atoms with Crippen LogP contribution in [0.25, 0.3) is 28.3 Å². The second-order valence-corrected chi connectivity index (χ2v) is 10.7. The molecule has 4 aromatic rings. The molecule has 6 N–H and O–H groups in total. The van der Waals surface area contributed by atoms with E-state index in [2.05, 4.69) is 21.3 Å². The minimum atomic E-state index is -0.655. The van der Waals surface area contributed by atoms with Crippen LogP contribution in [0.3, 0.4) is 0 Å². The molecular weight excluding hydrogens is 586 g/mol. The minimum absolute atomic E-state index is 0.0508. The molecule has 0 spiro atoms. The van der Waals surface area contributed by atoms with Gasteiger partial charge in [-0.25, -0.2) is 10.5 Å². The minimum Gasteiger partial charge on any atom is -0.504 e. The first-order valence-electron chi connectivity index (χ1n) is 14.6. The molecule has 2 amide bonds. The first-order chi connectivity index (χ1) is 22.3. The van der Waals surface area contributed by atoms with E-state index in [9.17, 15) is 20.0 Å². The molecule has 0 saturated carbocycles. The van der Waals surface area contributed by atoms with Gasteiger partial charge in [-0.1, -0.05) is 36.4 Å². The third-order valence-electron chi connectivity index (χ3n) is 7.87. The van der Waals surface area contributed by atoms with Gasteiger partial charge in [0.05, 0.1) is 7.11 Å². The number of carbonyl (C=O) groups excluding carboxylic acids is 2. The summed E-state index contributed by atoms with van der Waals surface area (Å²) in [4.78, 5) is 33.9. The highest BCUT2D eigenvalue weighted by Crippen LogP contribution is 2.40. The average Bonchev–Trinajstić information content (AvgIpc) is 3.09. The molecule has 12 nitrogen and oxygen atoms in total. The summed E-state index contributed by atoms with van der Waals surface area (Å²) in [5.41, 5.74) is 11.8. The molecule has 3 heterocycles. The number of piperidine rings is 1. The van der Waals surface area contributed by atoms with Gasteiger partial charge in [0, 0.05) is 60.8 Å². The summed E-state index contributed by atoms with van der Waals surface area (Å²) < 4.78 is 5.20. The van der Waals surface area contributed by atoms with Crippen molar-refractivity contribution in [3.63, 3.8) is 0 Å². The fourth-order valence-corrected chi connectivity index (χ4v) is 5.42. The molecular formula is C34H33N7O5. The molecule has 2 aromatic carbocycles. The highest BCUT2D eigenvalue weighted by Gasteiger charge is 2.26. The highest BCUT2D eigenvalue weighted by atomic mass is 16.5. The molecule has 5 rings (SSSR count). The van der Waals surface area contributed by atoms with E-state index in [1.807, 2.05) is 24.3 Å². The zero-order chi connectivity index (χ0) is 32.6. The lowest BCUT2D eigenvalue weighted by molar-refractivity contribution is -0.124. The third-order valence-corrected chi connectivity index (χ3v) is 7.87. The van der Waals surface area contributed by atoms with E-state index < -0.39 is 11.8 Å². The number of carbonyl (C=O) groups is 2. The molecule has 1 aliphatic rings. The lowest BCUT2D eigenvalue weighted by Crippen LogP contribution is -2.42. The summed E-state index contributed by atoms with van der Waals surface area (Å²) in [5, 5.41) is 33.2. The van der Waals surface area contributed by atoms with Gasteiger partial charge in [-0.15, -0.1) is 0 Å². The number of benzene rings is 2. The van der Waals surface area contributed by atoms with Crippen molar-refractivity contribution in [3.05, 3.63) is 95.5 Å². The maximum Gasteiger partial charge on any atom is 0.267 e. The standard InChI is InChI=1S/C34H33N7O5/c1-46-30-10-8-23(16-29(30)42)27-20-39-34(26(17-35)32(27)24-7-9-28(33(36)44)38-19-24)41-14-12-25(13-15-41)37-18-22-4-2-21(3-5-22)6-11-31(43)40-45/h2-11,16,19-20,25,37,42,45H,12-15,18H2,1H3,(H2,36,44)(H,40,43)/b11-6+. The second kappa shape index (κ2) is 14.3. The number of methoxy groups -OCH3 is 1. The number of hydroxylamine groups is 1. The van der Waals surface area contributed by atoms with Crippen LogP contribution in [0, 0.1) is 11.3 Å². The van der Waals surface area contributed by atoms with Crippen molar-refractivity contribution in [1.29, 1.82) is 5.26 Å². The summed E-state index contributed by atoms with van der Waals surface area (Å²) in [6.07, 6.45) is 7.74. The van der Waals surface area contributed by atoms with Gasteiger partial charge >= 0.3 is 0 Å². The Kier molecular flexibility index (Phi) is 9.87. The maximum absolute atomic E-state index is 11.7. The lowest BCUT2D eigenvalue weighted by Gasteiger charge is -2.34. The van der Waals surface area contributed by atoms with Gasteiger partial charge in [0.15, 0.2) is 11.5 Å². The maximum atomic E-state index is 11.7. The number of nitrogens with two attached hydrogens (primary N) is 1. The van der Waals surface area contributed by atoms with E-state index in [1.54, 1.807) is 42.0 Å². The molecule has 1 saturated heterocycles. The molecule has 0 radical (unpaired) electrons. The summed E-state index contributed by atoms with van der Waals surface area (Å²) in [5.74, 6) is -0.425. The predicted molar refractivity (Wildman–Crippen MR) is 172 cm³/mol. The van der Waals surface area contributed by atoms with Crippen molar-refractivity contribution >= 4 is 23.7 Å². The number of nitrogens with zero attached hydrogens (tertiary/aromatic N) is 4. The lowest BCUT2D eigenvalue weighted by atomic mass is 9.92. The van der Waals surface area contributed by atoms with Gasteiger partial charge in [0.25, 0.3) is 11.8 Å². The fraction of sp³-hybridized carbons (Fsp3) is 0.206. The number of phenols is 1. The molecule has 0 aliphatic carbocycles. The number of hydrogen-bond donors (Lipinski definition) is 5. The molecule has 46 heavy (non-hydrogen) atoms. The number of aromatic hydroxyl groups is 1. The number of rotatable bonds is 10. The first kappa shape index (κ1) is 31.6. The summed E-state index contributed by atoms with van der Waals surface area (Å²) >= 11 is 0. The fourth-order valence-electron chi connectivity index (χ4n) is 5.42. The molecule has 1 aliphatic heterocycles. The number of aromatic nitrogens is 2. The van der Waals surface area contributed by atoms with E-state index >= 15 is 0 Å². The second-order valence-electron chi connectivity index (χ2n) is 10.7.